The lowest BCUT2D eigenvalue weighted by atomic mass is 9.93. The second kappa shape index (κ2) is 13.7. The molecule has 2 heterocycles. The lowest BCUT2D eigenvalue weighted by Crippen LogP contribution is -2.56. The van der Waals surface area contributed by atoms with Crippen molar-refractivity contribution in [1.29, 1.82) is 0 Å². The average molecular weight is 601 g/mol. The van der Waals surface area contributed by atoms with Crippen molar-refractivity contribution >= 4 is 17.9 Å². The molecule has 10 heteroatoms. The molecule has 0 spiro atoms. The van der Waals surface area contributed by atoms with Gasteiger partial charge in [-0.3, -0.25) is 14.6 Å². The second-order valence-electron chi connectivity index (χ2n) is 10.8. The molecule has 2 aliphatic rings. The maximum absolute atomic E-state index is 13.8. The van der Waals surface area contributed by atoms with Gasteiger partial charge in [-0.05, 0) is 68.8 Å². The molecular formula is C34H37FN4O5. The summed E-state index contributed by atoms with van der Waals surface area (Å²) in [5.74, 6) is 0.0443. The summed E-state index contributed by atoms with van der Waals surface area (Å²) in [5, 5.41) is 3.01. The fourth-order valence-corrected chi connectivity index (χ4v) is 5.77. The molecule has 0 unspecified atom stereocenters. The van der Waals surface area contributed by atoms with Crippen LogP contribution in [-0.2, 0) is 9.53 Å². The van der Waals surface area contributed by atoms with Gasteiger partial charge in [-0.15, -0.1) is 0 Å². The van der Waals surface area contributed by atoms with E-state index in [9.17, 15) is 18.8 Å². The number of urea groups is 1. The Hall–Kier alpha value is -4.70. The number of halogens is 1. The van der Waals surface area contributed by atoms with E-state index in [-0.39, 0.29) is 24.6 Å². The first-order valence-corrected chi connectivity index (χ1v) is 14.9. The summed E-state index contributed by atoms with van der Waals surface area (Å²) in [4.78, 5) is 45.6. The molecule has 0 saturated carbocycles. The molecule has 44 heavy (non-hydrogen) atoms. The van der Waals surface area contributed by atoms with Crippen LogP contribution in [0.25, 0.3) is 0 Å². The van der Waals surface area contributed by atoms with Gasteiger partial charge in [0.05, 0.1) is 18.2 Å². The molecule has 1 N–H and O–H groups in total. The normalized spacial score (nSPS) is 19.0. The molecule has 1 saturated heterocycles. The van der Waals surface area contributed by atoms with Gasteiger partial charge in [0.2, 0.25) is 0 Å². The van der Waals surface area contributed by atoms with Gasteiger partial charge in [-0.2, -0.15) is 0 Å². The van der Waals surface area contributed by atoms with Gasteiger partial charge >= 0.3 is 12.0 Å². The van der Waals surface area contributed by atoms with E-state index >= 15 is 0 Å². The summed E-state index contributed by atoms with van der Waals surface area (Å²) in [6.07, 6.45) is 0. The van der Waals surface area contributed by atoms with Crippen molar-refractivity contribution in [2.45, 2.75) is 32.9 Å². The predicted octanol–water partition coefficient (Wildman–Crippen LogP) is 5.37. The third-order valence-corrected chi connectivity index (χ3v) is 7.84. The Balaban J connectivity index is 1.43. The van der Waals surface area contributed by atoms with E-state index in [4.69, 9.17) is 9.47 Å². The van der Waals surface area contributed by atoms with Crippen LogP contribution in [0, 0.1) is 5.82 Å². The number of nitrogens with one attached hydrogen (secondary N) is 1. The summed E-state index contributed by atoms with van der Waals surface area (Å²) in [5.41, 5.74) is 1.91. The average Bonchev–Trinajstić information content (AvgIpc) is 3.01. The molecule has 3 aromatic rings. The third kappa shape index (κ3) is 6.75. The van der Waals surface area contributed by atoms with Crippen LogP contribution in [0.5, 0.6) is 11.5 Å². The van der Waals surface area contributed by atoms with Crippen molar-refractivity contribution in [3.63, 3.8) is 0 Å². The lowest BCUT2D eigenvalue weighted by Gasteiger charge is -2.43. The van der Waals surface area contributed by atoms with Crippen molar-refractivity contribution in [2.24, 2.45) is 0 Å². The van der Waals surface area contributed by atoms with Crippen LogP contribution in [0.3, 0.4) is 0 Å². The largest absolute Gasteiger partial charge is 0.463 e. The van der Waals surface area contributed by atoms with Crippen molar-refractivity contribution < 1.29 is 28.2 Å². The summed E-state index contributed by atoms with van der Waals surface area (Å²) in [7, 11) is 0. The maximum Gasteiger partial charge on any atom is 0.338 e. The highest BCUT2D eigenvalue weighted by Crippen LogP contribution is 2.34. The molecule has 3 aromatic carbocycles. The first-order valence-electron chi connectivity index (χ1n) is 14.9. The zero-order valence-corrected chi connectivity index (χ0v) is 25.2. The minimum Gasteiger partial charge on any atom is -0.463 e. The van der Waals surface area contributed by atoms with Gasteiger partial charge < -0.3 is 19.7 Å². The number of para-hydroxylation sites is 1. The number of nitrogens with zero attached hydrogens (tertiary/aromatic N) is 3. The Labute approximate surface area is 256 Å². The van der Waals surface area contributed by atoms with Gasteiger partial charge in [-0.1, -0.05) is 36.4 Å². The number of ether oxygens (including phenoxy) is 2. The van der Waals surface area contributed by atoms with Gasteiger partial charge in [-0.25, -0.2) is 14.0 Å². The minimum absolute atomic E-state index is 0.178. The summed E-state index contributed by atoms with van der Waals surface area (Å²) < 4.78 is 25.3. The number of esters is 1. The molecule has 0 radical (unpaired) electrons. The lowest BCUT2D eigenvalue weighted by molar-refractivity contribution is -0.139. The van der Waals surface area contributed by atoms with Gasteiger partial charge in [0.1, 0.15) is 17.3 Å². The van der Waals surface area contributed by atoms with E-state index in [1.807, 2.05) is 68.4 Å². The molecule has 2 aliphatic heterocycles. The number of piperazine rings is 1. The van der Waals surface area contributed by atoms with Crippen molar-refractivity contribution in [2.75, 3.05) is 39.3 Å². The van der Waals surface area contributed by atoms with Crippen LogP contribution in [0.15, 0.2) is 90.1 Å². The topological polar surface area (TPSA) is 91.4 Å². The van der Waals surface area contributed by atoms with Gasteiger partial charge in [0, 0.05) is 50.0 Å². The van der Waals surface area contributed by atoms with Crippen LogP contribution in [0.1, 0.15) is 42.7 Å². The first-order chi connectivity index (χ1) is 21.3. The molecule has 9 nitrogen and oxygen atoms in total. The molecule has 2 atom stereocenters. The fraction of sp³-hybridized carbons (Fsp3) is 0.324. The number of hydrogen-bond donors (Lipinski definition) is 1. The molecule has 0 aliphatic carbocycles. The molecule has 0 aromatic heterocycles. The standard InChI is InChI=1S/C34H37FN4O5/c1-4-38-29(22-37-17-18-39(23(3)21-37)32(40)25-12-9-13-26(35)19-25)30(33(41)43-5-2)31(36-34(38)42)24-11-10-16-28(20-24)44-27-14-7-6-8-15-27/h6-16,19-20,23,31H,4-5,17-18,21-22H2,1-3H3,(H,36,42)/t23-,31+/m1/s1. The number of carbonyl (C=O) groups is 3. The first kappa shape index (κ1) is 30.7. The Bertz CT molecular complexity index is 1550. The quantitative estimate of drug-likeness (QED) is 0.332. The Morgan fingerprint density at radius 2 is 1.70 bits per heavy atom. The Kier molecular flexibility index (Phi) is 9.59. The minimum atomic E-state index is -0.757. The van der Waals surface area contributed by atoms with Crippen molar-refractivity contribution in [3.8, 4) is 11.5 Å². The number of benzene rings is 3. The number of likely N-dealkylation sites (N-methyl/N-ethyl adjacent to an activating group) is 1. The number of amides is 3. The number of carbonyl (C=O) groups excluding carboxylic acids is 3. The molecule has 0 bridgehead atoms. The summed E-state index contributed by atoms with van der Waals surface area (Å²) in [6.45, 7) is 7.80. The van der Waals surface area contributed by atoms with Gasteiger partial charge in [0.25, 0.3) is 5.91 Å². The third-order valence-electron chi connectivity index (χ3n) is 7.84. The van der Waals surface area contributed by atoms with E-state index in [1.54, 1.807) is 22.8 Å². The van der Waals surface area contributed by atoms with Crippen LogP contribution in [0.2, 0.25) is 0 Å². The second-order valence-corrected chi connectivity index (χ2v) is 10.8. The van der Waals surface area contributed by atoms with E-state index in [2.05, 4.69) is 10.2 Å². The Morgan fingerprint density at radius 3 is 2.41 bits per heavy atom. The van der Waals surface area contributed by atoms with E-state index in [1.165, 1.54) is 18.2 Å². The molecule has 1 fully saturated rings. The van der Waals surface area contributed by atoms with Gasteiger partial charge in [0.15, 0.2) is 0 Å². The molecule has 230 valence electrons. The molecular weight excluding hydrogens is 563 g/mol. The zero-order valence-electron chi connectivity index (χ0n) is 25.2. The summed E-state index contributed by atoms with van der Waals surface area (Å²) >= 11 is 0. The molecule has 3 amide bonds. The maximum atomic E-state index is 13.8. The summed E-state index contributed by atoms with van der Waals surface area (Å²) in [6, 6.07) is 21.1. The van der Waals surface area contributed by atoms with Crippen LogP contribution in [0.4, 0.5) is 9.18 Å². The van der Waals surface area contributed by atoms with E-state index < -0.39 is 17.8 Å². The monoisotopic (exact) mass is 600 g/mol. The van der Waals surface area contributed by atoms with Crippen LogP contribution >= 0.6 is 0 Å². The predicted molar refractivity (Wildman–Crippen MR) is 164 cm³/mol. The SMILES string of the molecule is CCOC(=O)C1=C(CN2CCN(C(=O)c3cccc(F)c3)[C@H](C)C2)N(CC)C(=O)N[C@H]1c1cccc(Oc2ccccc2)c1. The smallest absolute Gasteiger partial charge is 0.338 e. The number of hydrogen-bond acceptors (Lipinski definition) is 6. The zero-order chi connectivity index (χ0) is 31.2. The van der Waals surface area contributed by atoms with Crippen LogP contribution < -0.4 is 10.1 Å². The van der Waals surface area contributed by atoms with Crippen molar-refractivity contribution in [3.05, 3.63) is 107 Å². The highest BCUT2D eigenvalue weighted by atomic mass is 19.1. The number of rotatable bonds is 9. The van der Waals surface area contributed by atoms with E-state index in [0.717, 1.165) is 0 Å². The highest BCUT2D eigenvalue weighted by Gasteiger charge is 2.39. The van der Waals surface area contributed by atoms with Crippen molar-refractivity contribution in [1.82, 2.24) is 20.0 Å². The van der Waals surface area contributed by atoms with Crippen LogP contribution in [-0.4, -0.2) is 78.0 Å². The molecule has 5 rings (SSSR count). The fourth-order valence-electron chi connectivity index (χ4n) is 5.77. The highest BCUT2D eigenvalue weighted by molar-refractivity contribution is 5.95. The Morgan fingerprint density at radius 1 is 0.955 bits per heavy atom. The van der Waals surface area contributed by atoms with E-state index in [0.29, 0.717) is 66.6 Å².